The SMILES string of the molecule is Nc1nsc(NCCc2ccncc2)c1-c1cccnc1. The Hall–Kier alpha value is -2.47. The third kappa shape index (κ3) is 3.17. The molecule has 3 heterocycles. The highest BCUT2D eigenvalue weighted by Gasteiger charge is 2.13. The van der Waals surface area contributed by atoms with Crippen molar-refractivity contribution in [1.82, 2.24) is 14.3 Å². The van der Waals surface area contributed by atoms with Crippen LogP contribution in [0, 0.1) is 0 Å². The second-order valence-electron chi connectivity index (χ2n) is 4.55. The topological polar surface area (TPSA) is 76.7 Å². The molecule has 0 unspecified atom stereocenters. The highest BCUT2D eigenvalue weighted by Crippen LogP contribution is 2.36. The lowest BCUT2D eigenvalue weighted by Gasteiger charge is -2.07. The number of aromatic nitrogens is 3. The summed E-state index contributed by atoms with van der Waals surface area (Å²) in [6, 6.07) is 7.92. The van der Waals surface area contributed by atoms with Gasteiger partial charge in [-0.2, -0.15) is 4.37 Å². The average Bonchev–Trinajstić information content (AvgIpc) is 2.90. The number of rotatable bonds is 5. The van der Waals surface area contributed by atoms with Gasteiger partial charge in [0.1, 0.15) is 10.8 Å². The molecule has 0 fully saturated rings. The lowest BCUT2D eigenvalue weighted by Crippen LogP contribution is -2.04. The molecule has 0 aliphatic carbocycles. The number of hydrogen-bond donors (Lipinski definition) is 2. The van der Waals surface area contributed by atoms with E-state index in [2.05, 4.69) is 19.7 Å². The first-order valence-corrected chi connectivity index (χ1v) is 7.40. The van der Waals surface area contributed by atoms with Crippen LogP contribution in [0.5, 0.6) is 0 Å². The Morgan fingerprint density at radius 3 is 2.71 bits per heavy atom. The zero-order valence-corrected chi connectivity index (χ0v) is 12.2. The normalized spacial score (nSPS) is 10.5. The Balaban J connectivity index is 1.72. The maximum atomic E-state index is 5.98. The van der Waals surface area contributed by atoms with E-state index in [0.717, 1.165) is 29.1 Å². The van der Waals surface area contributed by atoms with Crippen molar-refractivity contribution in [3.63, 3.8) is 0 Å². The molecule has 0 radical (unpaired) electrons. The molecule has 0 saturated heterocycles. The van der Waals surface area contributed by atoms with Crippen LogP contribution in [-0.2, 0) is 6.42 Å². The molecule has 0 aromatic carbocycles. The minimum atomic E-state index is 0.541. The predicted octanol–water partition coefficient (Wildman–Crippen LogP) is 2.84. The van der Waals surface area contributed by atoms with Gasteiger partial charge in [-0.05, 0) is 41.7 Å². The van der Waals surface area contributed by atoms with Crippen molar-refractivity contribution in [2.75, 3.05) is 17.6 Å². The Morgan fingerprint density at radius 1 is 1.10 bits per heavy atom. The van der Waals surface area contributed by atoms with Gasteiger partial charge in [0.2, 0.25) is 0 Å². The summed E-state index contributed by atoms with van der Waals surface area (Å²) < 4.78 is 4.24. The van der Waals surface area contributed by atoms with E-state index in [1.807, 2.05) is 24.3 Å². The fourth-order valence-corrected chi connectivity index (χ4v) is 2.84. The van der Waals surface area contributed by atoms with Gasteiger partial charge in [0.05, 0.1) is 5.56 Å². The van der Waals surface area contributed by atoms with E-state index in [-0.39, 0.29) is 0 Å². The van der Waals surface area contributed by atoms with Gasteiger partial charge in [-0.1, -0.05) is 6.07 Å². The largest absolute Gasteiger partial charge is 0.382 e. The molecule has 0 saturated carbocycles. The third-order valence-electron chi connectivity index (χ3n) is 3.12. The van der Waals surface area contributed by atoms with Crippen LogP contribution in [0.2, 0.25) is 0 Å². The van der Waals surface area contributed by atoms with E-state index in [1.54, 1.807) is 24.8 Å². The minimum Gasteiger partial charge on any atom is -0.382 e. The molecular weight excluding hydrogens is 282 g/mol. The van der Waals surface area contributed by atoms with E-state index in [0.29, 0.717) is 5.82 Å². The van der Waals surface area contributed by atoms with Gasteiger partial charge in [-0.3, -0.25) is 9.97 Å². The summed E-state index contributed by atoms with van der Waals surface area (Å²) in [5.74, 6) is 0.541. The van der Waals surface area contributed by atoms with Gasteiger partial charge < -0.3 is 11.1 Å². The van der Waals surface area contributed by atoms with E-state index < -0.39 is 0 Å². The second-order valence-corrected chi connectivity index (χ2v) is 5.32. The van der Waals surface area contributed by atoms with Crippen LogP contribution in [0.25, 0.3) is 11.1 Å². The van der Waals surface area contributed by atoms with Crippen molar-refractivity contribution in [2.24, 2.45) is 0 Å². The maximum absolute atomic E-state index is 5.98. The van der Waals surface area contributed by atoms with E-state index in [1.165, 1.54) is 17.1 Å². The molecule has 5 nitrogen and oxygen atoms in total. The Morgan fingerprint density at radius 2 is 1.95 bits per heavy atom. The highest BCUT2D eigenvalue weighted by molar-refractivity contribution is 7.11. The first kappa shape index (κ1) is 13.5. The van der Waals surface area contributed by atoms with Crippen molar-refractivity contribution in [3.8, 4) is 11.1 Å². The first-order valence-electron chi connectivity index (χ1n) is 6.63. The molecule has 0 bridgehead atoms. The number of nitrogens with one attached hydrogen (secondary N) is 1. The van der Waals surface area contributed by atoms with Crippen molar-refractivity contribution in [2.45, 2.75) is 6.42 Å². The monoisotopic (exact) mass is 297 g/mol. The van der Waals surface area contributed by atoms with Gasteiger partial charge in [0, 0.05) is 36.9 Å². The van der Waals surface area contributed by atoms with Gasteiger partial charge in [-0.15, -0.1) is 0 Å². The molecule has 0 spiro atoms. The molecule has 0 aliphatic heterocycles. The van der Waals surface area contributed by atoms with Crippen LogP contribution in [-0.4, -0.2) is 20.9 Å². The summed E-state index contributed by atoms with van der Waals surface area (Å²) in [6.07, 6.45) is 8.08. The minimum absolute atomic E-state index is 0.541. The average molecular weight is 297 g/mol. The molecule has 3 rings (SSSR count). The first-order chi connectivity index (χ1) is 10.3. The summed E-state index contributed by atoms with van der Waals surface area (Å²) in [7, 11) is 0. The van der Waals surface area contributed by atoms with Crippen LogP contribution < -0.4 is 11.1 Å². The maximum Gasteiger partial charge on any atom is 0.147 e. The van der Waals surface area contributed by atoms with E-state index in [9.17, 15) is 0 Å². The highest BCUT2D eigenvalue weighted by atomic mass is 32.1. The predicted molar refractivity (Wildman–Crippen MR) is 86.2 cm³/mol. The smallest absolute Gasteiger partial charge is 0.147 e. The molecule has 3 aromatic rings. The number of nitrogen functional groups attached to an aromatic ring is 1. The molecule has 6 heteroatoms. The molecule has 21 heavy (non-hydrogen) atoms. The van der Waals surface area contributed by atoms with Crippen LogP contribution in [0.15, 0.2) is 49.1 Å². The summed E-state index contributed by atoms with van der Waals surface area (Å²) in [6.45, 7) is 0.818. The molecule has 0 aliphatic rings. The Kier molecular flexibility index (Phi) is 4.07. The zero-order valence-electron chi connectivity index (χ0n) is 11.4. The molecule has 0 atom stereocenters. The lowest BCUT2D eigenvalue weighted by molar-refractivity contribution is 1.02. The molecule has 3 N–H and O–H groups in total. The summed E-state index contributed by atoms with van der Waals surface area (Å²) in [5.41, 5.74) is 9.14. The summed E-state index contributed by atoms with van der Waals surface area (Å²) in [5, 5.41) is 4.39. The Bertz CT molecular complexity index is 697. The zero-order chi connectivity index (χ0) is 14.5. The van der Waals surface area contributed by atoms with Gasteiger partial charge in [0.25, 0.3) is 0 Å². The summed E-state index contributed by atoms with van der Waals surface area (Å²) >= 11 is 1.38. The quantitative estimate of drug-likeness (QED) is 0.757. The Labute approximate surface area is 127 Å². The van der Waals surface area contributed by atoms with Crippen molar-refractivity contribution in [3.05, 3.63) is 54.6 Å². The fourth-order valence-electron chi connectivity index (χ4n) is 2.08. The van der Waals surface area contributed by atoms with Crippen LogP contribution in [0.4, 0.5) is 10.8 Å². The van der Waals surface area contributed by atoms with Crippen LogP contribution in [0.1, 0.15) is 5.56 Å². The molecular formula is C15H15N5S. The van der Waals surface area contributed by atoms with Crippen LogP contribution in [0.3, 0.4) is 0 Å². The lowest BCUT2D eigenvalue weighted by atomic mass is 10.1. The number of anilines is 2. The molecule has 3 aromatic heterocycles. The van der Waals surface area contributed by atoms with Gasteiger partial charge in [-0.25, -0.2) is 0 Å². The summed E-state index contributed by atoms with van der Waals surface area (Å²) in [4.78, 5) is 8.15. The van der Waals surface area contributed by atoms with Crippen molar-refractivity contribution >= 4 is 22.4 Å². The van der Waals surface area contributed by atoms with Gasteiger partial charge in [0.15, 0.2) is 0 Å². The standard InChI is InChI=1S/C15H15N5S/c16-14-13(12-2-1-6-18-10-12)15(21-20-14)19-9-5-11-3-7-17-8-4-11/h1-4,6-8,10,19H,5,9H2,(H2,16,20). The van der Waals surface area contributed by atoms with E-state index >= 15 is 0 Å². The fraction of sp³-hybridized carbons (Fsp3) is 0.133. The second kappa shape index (κ2) is 6.32. The number of pyridine rings is 2. The number of nitrogens with zero attached hydrogens (tertiary/aromatic N) is 3. The number of hydrogen-bond acceptors (Lipinski definition) is 6. The molecule has 0 amide bonds. The van der Waals surface area contributed by atoms with Gasteiger partial charge >= 0.3 is 0 Å². The molecule has 106 valence electrons. The number of nitrogens with two attached hydrogens (primary N) is 1. The van der Waals surface area contributed by atoms with Crippen molar-refractivity contribution in [1.29, 1.82) is 0 Å². The van der Waals surface area contributed by atoms with Crippen LogP contribution >= 0.6 is 11.5 Å². The third-order valence-corrected chi connectivity index (χ3v) is 3.94. The van der Waals surface area contributed by atoms with E-state index in [4.69, 9.17) is 5.73 Å². The van der Waals surface area contributed by atoms with Crippen molar-refractivity contribution < 1.29 is 0 Å².